The third-order valence-corrected chi connectivity index (χ3v) is 4.24. The number of carbonyl (C=O) groups is 1. The molecule has 0 aliphatic heterocycles. The van der Waals surface area contributed by atoms with Crippen molar-refractivity contribution >= 4 is 5.78 Å². The first-order valence-corrected chi connectivity index (χ1v) is 7.04. The molecule has 0 aromatic heterocycles. The Hall–Kier alpha value is -0.410. The van der Waals surface area contributed by atoms with E-state index in [4.69, 9.17) is 0 Å². The maximum absolute atomic E-state index is 11.9. The fourth-order valence-electron chi connectivity index (χ4n) is 3.17. The molecular formula is C14H25NO2. The molecule has 2 fully saturated rings. The maximum Gasteiger partial charge on any atom is 0.137 e. The Balaban J connectivity index is 1.72. The van der Waals surface area contributed by atoms with Crippen molar-refractivity contribution in [1.29, 1.82) is 0 Å². The molecule has 0 radical (unpaired) electrons. The Kier molecular flexibility index (Phi) is 4.57. The summed E-state index contributed by atoms with van der Waals surface area (Å²) in [4.78, 5) is 14.2. The van der Waals surface area contributed by atoms with Crippen LogP contribution in [0.15, 0.2) is 0 Å². The monoisotopic (exact) mass is 239 g/mol. The molecule has 0 aromatic carbocycles. The highest BCUT2D eigenvalue weighted by molar-refractivity contribution is 5.81. The van der Waals surface area contributed by atoms with Crippen LogP contribution in [0.2, 0.25) is 0 Å². The molecular weight excluding hydrogens is 214 g/mol. The van der Waals surface area contributed by atoms with Crippen LogP contribution in [0.3, 0.4) is 0 Å². The van der Waals surface area contributed by atoms with Crippen LogP contribution in [-0.2, 0) is 4.79 Å². The Morgan fingerprint density at radius 1 is 1.24 bits per heavy atom. The van der Waals surface area contributed by atoms with Crippen molar-refractivity contribution in [2.24, 2.45) is 11.8 Å². The van der Waals surface area contributed by atoms with Gasteiger partial charge in [-0.05, 0) is 38.6 Å². The van der Waals surface area contributed by atoms with Crippen molar-refractivity contribution < 1.29 is 9.90 Å². The number of Topliss-reactive ketones (excluding diaryl/α,β-unsaturated/α-hetero) is 1. The van der Waals surface area contributed by atoms with E-state index in [1.807, 2.05) is 0 Å². The number of rotatable bonds is 4. The largest absolute Gasteiger partial charge is 0.393 e. The van der Waals surface area contributed by atoms with Crippen LogP contribution >= 0.6 is 0 Å². The van der Waals surface area contributed by atoms with Gasteiger partial charge in [0, 0.05) is 25.4 Å². The summed E-state index contributed by atoms with van der Waals surface area (Å²) in [6.45, 7) is 1.96. The zero-order valence-corrected chi connectivity index (χ0v) is 10.9. The molecule has 0 amide bonds. The lowest BCUT2D eigenvalue weighted by Crippen LogP contribution is -2.39. The lowest BCUT2D eigenvalue weighted by molar-refractivity contribution is -0.123. The SMILES string of the molecule is CN(CC1CC(O)C1)CC1CCCCCC1=O. The van der Waals surface area contributed by atoms with E-state index >= 15 is 0 Å². The van der Waals surface area contributed by atoms with Crippen LogP contribution in [-0.4, -0.2) is 42.0 Å². The van der Waals surface area contributed by atoms with E-state index in [1.54, 1.807) is 0 Å². The lowest BCUT2D eigenvalue weighted by Gasteiger charge is -2.35. The Labute approximate surface area is 104 Å². The zero-order chi connectivity index (χ0) is 12.3. The van der Waals surface area contributed by atoms with Gasteiger partial charge in [-0.25, -0.2) is 0 Å². The molecule has 2 saturated carbocycles. The number of nitrogens with zero attached hydrogens (tertiary/aromatic N) is 1. The molecule has 1 N–H and O–H groups in total. The summed E-state index contributed by atoms with van der Waals surface area (Å²) in [5.74, 6) is 1.39. The van der Waals surface area contributed by atoms with E-state index < -0.39 is 0 Å². The van der Waals surface area contributed by atoms with Gasteiger partial charge in [-0.15, -0.1) is 0 Å². The first kappa shape index (κ1) is 13.0. The second-order valence-electron chi connectivity index (χ2n) is 5.98. The van der Waals surface area contributed by atoms with Gasteiger partial charge in [0.05, 0.1) is 6.10 Å². The minimum atomic E-state index is -0.0621. The van der Waals surface area contributed by atoms with Gasteiger partial charge >= 0.3 is 0 Å². The maximum atomic E-state index is 11.9. The predicted octanol–water partition coefficient (Wildman–Crippen LogP) is 1.84. The molecule has 2 aliphatic rings. The normalized spacial score (nSPS) is 34.5. The van der Waals surface area contributed by atoms with Crippen molar-refractivity contribution in [2.75, 3.05) is 20.1 Å². The van der Waals surface area contributed by atoms with Crippen molar-refractivity contribution in [3.8, 4) is 0 Å². The zero-order valence-electron chi connectivity index (χ0n) is 10.9. The lowest BCUT2D eigenvalue weighted by atomic mass is 9.82. The van der Waals surface area contributed by atoms with E-state index in [9.17, 15) is 9.90 Å². The molecule has 3 nitrogen and oxygen atoms in total. The van der Waals surface area contributed by atoms with E-state index in [0.717, 1.165) is 45.2 Å². The topological polar surface area (TPSA) is 40.5 Å². The number of ketones is 1. The summed E-state index contributed by atoms with van der Waals surface area (Å²) in [6, 6.07) is 0. The highest BCUT2D eigenvalue weighted by atomic mass is 16.3. The van der Waals surface area contributed by atoms with Gasteiger partial charge in [-0.3, -0.25) is 4.79 Å². The van der Waals surface area contributed by atoms with E-state index in [-0.39, 0.29) is 12.0 Å². The Morgan fingerprint density at radius 3 is 2.71 bits per heavy atom. The number of hydrogen-bond acceptors (Lipinski definition) is 3. The van der Waals surface area contributed by atoms with E-state index in [2.05, 4.69) is 11.9 Å². The molecule has 1 unspecified atom stereocenters. The summed E-state index contributed by atoms with van der Waals surface area (Å²) in [7, 11) is 2.11. The Bertz CT molecular complexity index is 261. The van der Waals surface area contributed by atoms with Gasteiger partial charge < -0.3 is 10.0 Å². The van der Waals surface area contributed by atoms with Crippen LogP contribution < -0.4 is 0 Å². The van der Waals surface area contributed by atoms with Crippen LogP contribution in [0.25, 0.3) is 0 Å². The highest BCUT2D eigenvalue weighted by Gasteiger charge is 2.29. The van der Waals surface area contributed by atoms with Crippen molar-refractivity contribution in [3.05, 3.63) is 0 Å². The summed E-state index contributed by atoms with van der Waals surface area (Å²) in [5, 5.41) is 9.26. The summed E-state index contributed by atoms with van der Waals surface area (Å²) >= 11 is 0. The van der Waals surface area contributed by atoms with Gasteiger partial charge in [-0.1, -0.05) is 12.8 Å². The predicted molar refractivity (Wildman–Crippen MR) is 67.8 cm³/mol. The van der Waals surface area contributed by atoms with Crippen LogP contribution in [0, 0.1) is 11.8 Å². The molecule has 2 rings (SSSR count). The number of aliphatic hydroxyl groups is 1. The third-order valence-electron chi connectivity index (χ3n) is 4.24. The second kappa shape index (κ2) is 5.96. The van der Waals surface area contributed by atoms with Gasteiger partial charge in [0.15, 0.2) is 0 Å². The fourth-order valence-corrected chi connectivity index (χ4v) is 3.17. The molecule has 3 heteroatoms. The van der Waals surface area contributed by atoms with E-state index in [0.29, 0.717) is 11.7 Å². The highest BCUT2D eigenvalue weighted by Crippen LogP contribution is 2.28. The van der Waals surface area contributed by atoms with Crippen LogP contribution in [0.4, 0.5) is 0 Å². The molecule has 2 aliphatic carbocycles. The molecule has 98 valence electrons. The van der Waals surface area contributed by atoms with Crippen LogP contribution in [0.1, 0.15) is 44.9 Å². The molecule has 0 heterocycles. The number of carbonyl (C=O) groups excluding carboxylic acids is 1. The van der Waals surface area contributed by atoms with Crippen molar-refractivity contribution in [1.82, 2.24) is 4.90 Å². The van der Waals surface area contributed by atoms with Crippen molar-refractivity contribution in [3.63, 3.8) is 0 Å². The molecule has 0 saturated heterocycles. The summed E-state index contributed by atoms with van der Waals surface area (Å²) in [5.41, 5.74) is 0. The Morgan fingerprint density at radius 2 is 2.00 bits per heavy atom. The molecule has 17 heavy (non-hydrogen) atoms. The number of hydrogen-bond donors (Lipinski definition) is 1. The summed E-state index contributed by atoms with van der Waals surface area (Å²) < 4.78 is 0. The fraction of sp³-hybridized carbons (Fsp3) is 0.929. The van der Waals surface area contributed by atoms with Crippen LogP contribution in [0.5, 0.6) is 0 Å². The first-order valence-electron chi connectivity index (χ1n) is 7.04. The smallest absolute Gasteiger partial charge is 0.137 e. The summed E-state index contributed by atoms with van der Waals surface area (Å²) in [6.07, 6.45) is 7.23. The molecule has 0 spiro atoms. The number of aliphatic hydroxyl groups excluding tert-OH is 1. The quantitative estimate of drug-likeness (QED) is 0.761. The van der Waals surface area contributed by atoms with Gasteiger partial charge in [0.2, 0.25) is 0 Å². The average Bonchev–Trinajstić information content (AvgIpc) is 2.42. The molecule has 1 atom stereocenters. The molecule has 0 aromatic rings. The third kappa shape index (κ3) is 3.78. The molecule has 0 bridgehead atoms. The van der Waals surface area contributed by atoms with Crippen molar-refractivity contribution in [2.45, 2.75) is 51.0 Å². The van der Waals surface area contributed by atoms with Gasteiger partial charge in [0.1, 0.15) is 5.78 Å². The second-order valence-corrected chi connectivity index (χ2v) is 5.98. The van der Waals surface area contributed by atoms with Gasteiger partial charge in [0.25, 0.3) is 0 Å². The minimum absolute atomic E-state index is 0.0621. The van der Waals surface area contributed by atoms with Gasteiger partial charge in [-0.2, -0.15) is 0 Å². The van der Waals surface area contributed by atoms with E-state index in [1.165, 1.54) is 12.8 Å². The first-order chi connectivity index (χ1) is 8.15. The minimum Gasteiger partial charge on any atom is -0.393 e. The standard InChI is InChI=1S/C14H25NO2/c1-15(9-11-7-13(16)8-11)10-12-5-3-2-4-6-14(12)17/h11-13,16H,2-10H2,1H3. The average molecular weight is 239 g/mol.